The molecule has 2 aromatic rings. The van der Waals surface area contributed by atoms with Gasteiger partial charge in [-0.05, 0) is 114 Å². The highest BCUT2D eigenvalue weighted by Gasteiger charge is 2.35. The molecule has 1 heterocycles. The zero-order valence-corrected chi connectivity index (χ0v) is 23.7. The maximum atomic E-state index is 13.1. The molecule has 3 N–H and O–H groups in total. The second kappa shape index (κ2) is 11.2. The standard InChI is InChI=1S/C28H38BrN3O4/c1-16-11-17(2)31-26(34)24(16)15-30-25(33)23-14-21(29)13-20(18(23)3)12-19-7-9-22(10-8-19)32(27(35)36)28(4,5)6/h11,13-14,19,22H,7-10,12,15H2,1-6H3,(H,30,33)(H,31,34)(H,35,36). The Morgan fingerprint density at radius 1 is 1.11 bits per heavy atom. The fraction of sp³-hybridized carbons (Fsp3) is 0.536. The van der Waals surface area contributed by atoms with E-state index in [9.17, 15) is 19.5 Å². The lowest BCUT2D eigenvalue weighted by Crippen LogP contribution is -2.52. The summed E-state index contributed by atoms with van der Waals surface area (Å²) in [6.45, 7) is 11.7. The van der Waals surface area contributed by atoms with Crippen molar-refractivity contribution in [2.24, 2.45) is 5.92 Å². The summed E-state index contributed by atoms with van der Waals surface area (Å²) in [6.07, 6.45) is 3.59. The van der Waals surface area contributed by atoms with Gasteiger partial charge in [-0.25, -0.2) is 4.79 Å². The van der Waals surface area contributed by atoms with Gasteiger partial charge in [-0.2, -0.15) is 0 Å². The van der Waals surface area contributed by atoms with Crippen LogP contribution in [0.2, 0.25) is 0 Å². The highest BCUT2D eigenvalue weighted by atomic mass is 79.9. The molecule has 1 aliphatic rings. The maximum absolute atomic E-state index is 13.1. The van der Waals surface area contributed by atoms with Gasteiger partial charge in [-0.1, -0.05) is 15.9 Å². The minimum atomic E-state index is -0.854. The quantitative estimate of drug-likeness (QED) is 0.411. The van der Waals surface area contributed by atoms with Gasteiger partial charge < -0.3 is 20.3 Å². The summed E-state index contributed by atoms with van der Waals surface area (Å²) >= 11 is 3.57. The number of carbonyl (C=O) groups excluding carboxylic acids is 1. The van der Waals surface area contributed by atoms with Gasteiger partial charge in [0.2, 0.25) is 0 Å². The third-order valence-electron chi connectivity index (χ3n) is 7.26. The molecule has 0 unspecified atom stereocenters. The zero-order valence-electron chi connectivity index (χ0n) is 22.1. The number of benzene rings is 1. The minimum absolute atomic E-state index is 0.0390. The van der Waals surface area contributed by atoms with Crippen molar-refractivity contribution in [3.63, 3.8) is 0 Å². The van der Waals surface area contributed by atoms with E-state index in [4.69, 9.17) is 0 Å². The monoisotopic (exact) mass is 559 g/mol. The maximum Gasteiger partial charge on any atom is 0.407 e. The van der Waals surface area contributed by atoms with E-state index in [2.05, 4.69) is 32.3 Å². The number of pyridine rings is 1. The van der Waals surface area contributed by atoms with Gasteiger partial charge in [0.1, 0.15) is 0 Å². The van der Waals surface area contributed by atoms with Crippen LogP contribution in [0.3, 0.4) is 0 Å². The highest BCUT2D eigenvalue weighted by molar-refractivity contribution is 9.10. The van der Waals surface area contributed by atoms with Crippen LogP contribution < -0.4 is 10.9 Å². The number of aryl methyl sites for hydroxylation is 2. The summed E-state index contributed by atoms with van der Waals surface area (Å²) in [5.74, 6) is 0.231. The van der Waals surface area contributed by atoms with Crippen molar-refractivity contribution in [1.29, 1.82) is 0 Å². The third-order valence-corrected chi connectivity index (χ3v) is 7.72. The first-order valence-electron chi connectivity index (χ1n) is 12.6. The van der Waals surface area contributed by atoms with Gasteiger partial charge in [0.25, 0.3) is 11.5 Å². The molecule has 0 atom stereocenters. The molecule has 8 heteroatoms. The number of hydrogen-bond acceptors (Lipinski definition) is 3. The van der Waals surface area contributed by atoms with E-state index in [1.165, 1.54) is 0 Å². The van der Waals surface area contributed by atoms with Crippen molar-refractivity contribution in [2.75, 3.05) is 0 Å². The predicted molar refractivity (Wildman–Crippen MR) is 146 cm³/mol. The van der Waals surface area contributed by atoms with Gasteiger partial charge >= 0.3 is 6.09 Å². The second-order valence-corrected chi connectivity index (χ2v) is 12.0. The Hall–Kier alpha value is -2.61. The number of carbonyl (C=O) groups is 2. The van der Waals surface area contributed by atoms with Crippen LogP contribution in [-0.2, 0) is 13.0 Å². The predicted octanol–water partition coefficient (Wildman–Crippen LogP) is 5.87. The van der Waals surface area contributed by atoms with Crippen LogP contribution in [0.5, 0.6) is 0 Å². The van der Waals surface area contributed by atoms with Crippen LogP contribution in [0.25, 0.3) is 0 Å². The Morgan fingerprint density at radius 3 is 2.31 bits per heavy atom. The molecular formula is C28H38BrN3O4. The summed E-state index contributed by atoms with van der Waals surface area (Å²) in [5, 5.41) is 12.7. The molecule has 3 rings (SSSR count). The number of aromatic nitrogens is 1. The molecule has 0 spiro atoms. The van der Waals surface area contributed by atoms with E-state index >= 15 is 0 Å². The molecule has 2 amide bonds. The van der Waals surface area contributed by atoms with Crippen molar-refractivity contribution in [3.05, 3.63) is 66.5 Å². The van der Waals surface area contributed by atoms with E-state index in [0.29, 0.717) is 17.0 Å². The van der Waals surface area contributed by atoms with Gasteiger partial charge in [0.15, 0.2) is 0 Å². The Kier molecular flexibility index (Phi) is 8.70. The topological polar surface area (TPSA) is 102 Å². The number of carboxylic acid groups (broad SMARTS) is 1. The number of rotatable bonds is 6. The van der Waals surface area contributed by atoms with Crippen molar-refractivity contribution in [2.45, 2.75) is 91.8 Å². The Bertz CT molecular complexity index is 1190. The lowest BCUT2D eigenvalue weighted by atomic mass is 9.80. The molecule has 1 aliphatic carbocycles. The lowest BCUT2D eigenvalue weighted by molar-refractivity contribution is 0.0504. The number of hydrogen-bond donors (Lipinski definition) is 3. The van der Waals surface area contributed by atoms with Crippen LogP contribution in [0.15, 0.2) is 27.5 Å². The number of nitrogens with zero attached hydrogens (tertiary/aromatic N) is 1. The number of nitrogens with one attached hydrogen (secondary N) is 2. The molecule has 0 radical (unpaired) electrons. The zero-order chi connectivity index (χ0) is 26.8. The Labute approximate surface area is 221 Å². The van der Waals surface area contributed by atoms with E-state index in [-0.39, 0.29) is 24.1 Å². The smallest absolute Gasteiger partial charge is 0.407 e. The largest absolute Gasteiger partial charge is 0.465 e. The first kappa shape index (κ1) is 28.0. The van der Waals surface area contributed by atoms with E-state index in [0.717, 1.165) is 59.0 Å². The Morgan fingerprint density at radius 2 is 1.75 bits per heavy atom. The third kappa shape index (κ3) is 6.58. The summed E-state index contributed by atoms with van der Waals surface area (Å²) < 4.78 is 0.844. The van der Waals surface area contributed by atoms with E-state index < -0.39 is 11.6 Å². The molecule has 1 aromatic carbocycles. The fourth-order valence-electron chi connectivity index (χ4n) is 5.46. The van der Waals surface area contributed by atoms with Crippen LogP contribution in [-0.4, -0.2) is 38.6 Å². The number of aromatic amines is 1. The molecular weight excluding hydrogens is 522 g/mol. The number of H-pyrrole nitrogens is 1. The normalized spacial score (nSPS) is 18.1. The molecule has 0 saturated heterocycles. The van der Waals surface area contributed by atoms with E-state index in [1.807, 2.05) is 53.7 Å². The van der Waals surface area contributed by atoms with Crippen LogP contribution in [0, 0.1) is 26.7 Å². The first-order chi connectivity index (χ1) is 16.8. The van der Waals surface area contributed by atoms with Crippen LogP contribution in [0.4, 0.5) is 4.79 Å². The molecule has 1 fully saturated rings. The average molecular weight is 561 g/mol. The van der Waals surface area contributed by atoms with Gasteiger partial charge in [-0.15, -0.1) is 0 Å². The van der Waals surface area contributed by atoms with Crippen molar-refractivity contribution in [1.82, 2.24) is 15.2 Å². The van der Waals surface area contributed by atoms with Crippen LogP contribution in [0.1, 0.15) is 84.8 Å². The molecule has 1 aromatic heterocycles. The summed E-state index contributed by atoms with van der Waals surface area (Å²) in [6, 6.07) is 5.84. The molecule has 1 saturated carbocycles. The fourth-order valence-corrected chi connectivity index (χ4v) is 5.96. The van der Waals surface area contributed by atoms with Gasteiger partial charge in [0, 0.05) is 39.4 Å². The molecule has 196 valence electrons. The molecule has 0 bridgehead atoms. The molecule has 0 aliphatic heterocycles. The van der Waals surface area contributed by atoms with Crippen molar-refractivity contribution >= 4 is 27.9 Å². The molecule has 7 nitrogen and oxygen atoms in total. The van der Waals surface area contributed by atoms with Gasteiger partial charge in [0.05, 0.1) is 0 Å². The second-order valence-electron chi connectivity index (χ2n) is 11.1. The minimum Gasteiger partial charge on any atom is -0.465 e. The van der Waals surface area contributed by atoms with Crippen molar-refractivity contribution in [3.8, 4) is 0 Å². The highest BCUT2D eigenvalue weighted by Crippen LogP contribution is 2.34. The summed E-state index contributed by atoms with van der Waals surface area (Å²) in [7, 11) is 0. The molecule has 36 heavy (non-hydrogen) atoms. The number of amides is 2. The van der Waals surface area contributed by atoms with Gasteiger partial charge in [-0.3, -0.25) is 9.59 Å². The average Bonchev–Trinajstić information content (AvgIpc) is 2.75. The lowest BCUT2D eigenvalue weighted by Gasteiger charge is -2.42. The van der Waals surface area contributed by atoms with Crippen LogP contribution >= 0.6 is 15.9 Å². The SMILES string of the molecule is Cc1cc(C)c(CNC(=O)c2cc(Br)cc(CC3CCC(N(C(=O)O)C(C)(C)C)CC3)c2C)c(=O)[nH]1. The summed E-state index contributed by atoms with van der Waals surface area (Å²) in [4.78, 5) is 41.7. The number of halogens is 1. The van der Waals surface area contributed by atoms with E-state index in [1.54, 1.807) is 4.90 Å². The Balaban J connectivity index is 1.69. The van der Waals surface area contributed by atoms with Crippen molar-refractivity contribution < 1.29 is 14.7 Å². The first-order valence-corrected chi connectivity index (χ1v) is 13.4. The summed E-state index contributed by atoms with van der Waals surface area (Å²) in [5.41, 5.74) is 4.26.